The molecule has 0 atom stereocenters. The maximum Gasteiger partial charge on any atom is 0.220 e. The highest BCUT2D eigenvalue weighted by Gasteiger charge is 2.37. The molecule has 0 aromatic heterocycles. The third kappa shape index (κ3) is 4.47. The van der Waals surface area contributed by atoms with Crippen molar-refractivity contribution in [2.75, 3.05) is 12.8 Å². The van der Waals surface area contributed by atoms with Gasteiger partial charge < -0.3 is 5.32 Å². The second-order valence-electron chi connectivity index (χ2n) is 6.15. The van der Waals surface area contributed by atoms with Crippen LogP contribution in [0.1, 0.15) is 65.2 Å². The lowest BCUT2D eigenvalue weighted by molar-refractivity contribution is -0.122. The molecule has 1 fully saturated rings. The summed E-state index contributed by atoms with van der Waals surface area (Å²) in [5, 5.41) is 2.86. The van der Waals surface area contributed by atoms with Crippen molar-refractivity contribution in [3.63, 3.8) is 0 Å². The first kappa shape index (κ1) is 17.5. The first-order valence-corrected chi connectivity index (χ1v) is 9.70. The molecular weight excluding hydrogens is 274 g/mol. The van der Waals surface area contributed by atoms with Crippen LogP contribution in [0.4, 0.5) is 0 Å². The Morgan fingerprint density at radius 3 is 2.15 bits per heavy atom. The first-order valence-electron chi connectivity index (χ1n) is 7.81. The predicted molar refractivity (Wildman–Crippen MR) is 82.4 cm³/mol. The fourth-order valence-corrected chi connectivity index (χ4v) is 4.52. The zero-order chi connectivity index (χ0) is 15.2. The average Bonchev–Trinajstić information content (AvgIpc) is 2.40. The van der Waals surface area contributed by atoms with E-state index in [1.165, 1.54) is 25.5 Å². The highest BCUT2D eigenvalue weighted by atomic mass is 32.2. The minimum atomic E-state index is -3.17. The Kier molecular flexibility index (Phi) is 6.49. The van der Waals surface area contributed by atoms with Crippen LogP contribution in [0.5, 0.6) is 0 Å². The number of nitrogens with one attached hydrogen (secondary N) is 1. The molecule has 0 bridgehead atoms. The van der Waals surface area contributed by atoms with Crippen LogP contribution in [0.15, 0.2) is 0 Å². The Hall–Kier alpha value is -0.580. The molecule has 20 heavy (non-hydrogen) atoms. The topological polar surface area (TPSA) is 63.2 Å². The van der Waals surface area contributed by atoms with Gasteiger partial charge in [0, 0.05) is 19.2 Å². The lowest BCUT2D eigenvalue weighted by Crippen LogP contribution is -2.47. The van der Waals surface area contributed by atoms with Gasteiger partial charge in [-0.2, -0.15) is 0 Å². The molecule has 0 saturated heterocycles. The van der Waals surface area contributed by atoms with Gasteiger partial charge in [-0.3, -0.25) is 4.79 Å². The van der Waals surface area contributed by atoms with E-state index in [0.29, 0.717) is 25.2 Å². The van der Waals surface area contributed by atoms with Crippen molar-refractivity contribution in [1.29, 1.82) is 0 Å². The molecule has 1 N–H and O–H groups in total. The fraction of sp³-hybridized carbons (Fsp3) is 0.933. The summed E-state index contributed by atoms with van der Waals surface area (Å²) in [4.78, 5) is 12.0. The van der Waals surface area contributed by atoms with E-state index in [-0.39, 0.29) is 12.5 Å². The van der Waals surface area contributed by atoms with E-state index in [9.17, 15) is 13.2 Å². The molecule has 0 aromatic rings. The number of hydrogen-bond acceptors (Lipinski definition) is 3. The number of hydrogen-bond donors (Lipinski definition) is 1. The van der Waals surface area contributed by atoms with Crippen molar-refractivity contribution >= 4 is 15.7 Å². The summed E-state index contributed by atoms with van der Waals surface area (Å²) in [5.74, 6) is 0.492. The van der Waals surface area contributed by atoms with Crippen molar-refractivity contribution < 1.29 is 13.2 Å². The van der Waals surface area contributed by atoms with E-state index in [0.717, 1.165) is 12.8 Å². The molecule has 0 spiro atoms. The summed E-state index contributed by atoms with van der Waals surface area (Å²) in [6.45, 7) is 3.99. The molecule has 0 heterocycles. The smallest absolute Gasteiger partial charge is 0.220 e. The van der Waals surface area contributed by atoms with Crippen LogP contribution < -0.4 is 5.32 Å². The normalized spacial score (nSPS) is 17.9. The Morgan fingerprint density at radius 1 is 1.15 bits per heavy atom. The van der Waals surface area contributed by atoms with Crippen LogP contribution in [0.25, 0.3) is 0 Å². The molecule has 1 rings (SSSR count). The number of sulfone groups is 1. The van der Waals surface area contributed by atoms with E-state index >= 15 is 0 Å². The predicted octanol–water partition coefficient (Wildman–Crippen LogP) is 2.68. The third-order valence-corrected chi connectivity index (χ3v) is 7.18. The molecule has 1 aliphatic rings. The molecule has 118 valence electrons. The largest absolute Gasteiger partial charge is 0.355 e. The Morgan fingerprint density at radius 2 is 1.70 bits per heavy atom. The van der Waals surface area contributed by atoms with Crippen molar-refractivity contribution in [3.05, 3.63) is 0 Å². The molecule has 0 aromatic carbocycles. The molecule has 1 amide bonds. The van der Waals surface area contributed by atoms with Crippen LogP contribution in [-0.4, -0.2) is 31.9 Å². The lowest BCUT2D eigenvalue weighted by atomic mass is 9.87. The Bertz CT molecular complexity index is 407. The summed E-state index contributed by atoms with van der Waals surface area (Å²) >= 11 is 0. The molecule has 1 saturated carbocycles. The van der Waals surface area contributed by atoms with Gasteiger partial charge in [-0.05, 0) is 31.6 Å². The van der Waals surface area contributed by atoms with Gasteiger partial charge in [-0.15, -0.1) is 0 Å². The molecule has 4 nitrogen and oxygen atoms in total. The van der Waals surface area contributed by atoms with E-state index in [1.807, 2.05) is 13.8 Å². The molecule has 5 heteroatoms. The quantitative estimate of drug-likeness (QED) is 0.786. The second-order valence-corrected chi connectivity index (χ2v) is 8.56. The standard InChI is InChI=1S/C15H29NO3S/c1-4-15(5-2,20(3,18)19)12-16-14(17)11-13-9-7-6-8-10-13/h13H,4-12H2,1-3H3,(H,16,17). The monoisotopic (exact) mass is 303 g/mol. The number of rotatable bonds is 7. The van der Waals surface area contributed by atoms with Crippen molar-refractivity contribution in [1.82, 2.24) is 5.32 Å². The molecule has 0 unspecified atom stereocenters. The first-order chi connectivity index (χ1) is 9.34. The van der Waals surface area contributed by atoms with Gasteiger partial charge in [0.2, 0.25) is 5.91 Å². The van der Waals surface area contributed by atoms with Crippen molar-refractivity contribution in [2.24, 2.45) is 5.92 Å². The molecular formula is C15H29NO3S. The summed E-state index contributed by atoms with van der Waals surface area (Å²) in [7, 11) is -3.17. The van der Waals surface area contributed by atoms with Crippen LogP contribution in [0.3, 0.4) is 0 Å². The van der Waals surface area contributed by atoms with Gasteiger partial charge in [-0.25, -0.2) is 8.42 Å². The minimum absolute atomic E-state index is 0.00632. The Labute approximate surface area is 123 Å². The van der Waals surface area contributed by atoms with E-state index in [1.54, 1.807) is 0 Å². The summed E-state index contributed by atoms with van der Waals surface area (Å²) in [6.07, 6.45) is 8.86. The lowest BCUT2D eigenvalue weighted by Gasteiger charge is -2.30. The maximum absolute atomic E-state index is 12.0. The summed E-state index contributed by atoms with van der Waals surface area (Å²) in [6, 6.07) is 0. The summed E-state index contributed by atoms with van der Waals surface area (Å²) < 4.78 is 23.1. The average molecular weight is 303 g/mol. The van der Waals surface area contributed by atoms with Crippen LogP contribution in [0.2, 0.25) is 0 Å². The van der Waals surface area contributed by atoms with Gasteiger partial charge in [-0.1, -0.05) is 33.1 Å². The zero-order valence-corrected chi connectivity index (χ0v) is 13.9. The second kappa shape index (κ2) is 7.43. The number of carbonyl (C=O) groups excluding carboxylic acids is 1. The minimum Gasteiger partial charge on any atom is -0.355 e. The highest BCUT2D eigenvalue weighted by molar-refractivity contribution is 7.92. The fourth-order valence-electron chi connectivity index (χ4n) is 3.14. The van der Waals surface area contributed by atoms with Gasteiger partial charge in [0.25, 0.3) is 0 Å². The van der Waals surface area contributed by atoms with Crippen LogP contribution in [-0.2, 0) is 14.6 Å². The number of carbonyl (C=O) groups is 1. The van der Waals surface area contributed by atoms with Crippen molar-refractivity contribution in [2.45, 2.75) is 70.0 Å². The van der Waals surface area contributed by atoms with Crippen molar-refractivity contribution in [3.8, 4) is 0 Å². The van der Waals surface area contributed by atoms with Gasteiger partial charge >= 0.3 is 0 Å². The maximum atomic E-state index is 12.0. The SMILES string of the molecule is CCC(CC)(CNC(=O)CC1CCCCC1)S(C)(=O)=O. The zero-order valence-electron chi connectivity index (χ0n) is 13.1. The van der Waals surface area contributed by atoms with E-state index in [2.05, 4.69) is 5.32 Å². The third-order valence-electron chi connectivity index (χ3n) is 4.88. The molecule has 0 radical (unpaired) electrons. The Balaban J connectivity index is 2.53. The van der Waals surface area contributed by atoms with E-state index in [4.69, 9.17) is 0 Å². The van der Waals surface area contributed by atoms with E-state index < -0.39 is 14.6 Å². The van der Waals surface area contributed by atoms with Crippen LogP contribution in [0, 0.1) is 5.92 Å². The molecule has 1 aliphatic carbocycles. The number of amides is 1. The molecule has 0 aliphatic heterocycles. The summed E-state index contributed by atoms with van der Waals surface area (Å²) in [5.41, 5.74) is 0. The highest BCUT2D eigenvalue weighted by Crippen LogP contribution is 2.27. The van der Waals surface area contributed by atoms with Gasteiger partial charge in [0.15, 0.2) is 9.84 Å². The van der Waals surface area contributed by atoms with Crippen LogP contribution >= 0.6 is 0 Å². The van der Waals surface area contributed by atoms with Gasteiger partial charge in [0.05, 0.1) is 4.75 Å². The van der Waals surface area contributed by atoms with Gasteiger partial charge in [0.1, 0.15) is 0 Å².